The van der Waals surface area contributed by atoms with E-state index in [2.05, 4.69) is 0 Å². The molecule has 7 heavy (non-hydrogen) atoms. The van der Waals surface area contributed by atoms with E-state index < -0.39 is 0 Å². The zero-order valence-electron chi connectivity index (χ0n) is 3.41. The molecule has 0 heterocycles. The zero-order valence-corrected chi connectivity index (χ0v) is 4.92. The van der Waals surface area contributed by atoms with E-state index in [-0.39, 0.29) is 10.2 Å². The predicted octanol–water partition coefficient (Wildman–Crippen LogP) is 1.24. The summed E-state index contributed by atoms with van der Waals surface area (Å²) in [6.45, 7) is 0. The molecule has 0 unspecified atom stereocenters. The Balaban J connectivity index is 3.82. The third-order valence-corrected chi connectivity index (χ3v) is 0.971. The molecule has 0 radical (unpaired) electrons. The van der Waals surface area contributed by atoms with E-state index in [0.29, 0.717) is 0 Å². The first-order chi connectivity index (χ1) is 3.18. The maximum atomic E-state index is 6.59. The Morgan fingerprint density at radius 3 is 2.00 bits per heavy atom. The van der Waals surface area contributed by atoms with E-state index in [1.165, 1.54) is 0 Å². The molecule has 0 saturated heterocycles. The average molecular weight is 139 g/mol. The van der Waals surface area contributed by atoms with E-state index in [4.69, 9.17) is 34.3 Å². The van der Waals surface area contributed by atoms with Crippen LogP contribution in [-0.4, -0.2) is 5.17 Å². The van der Waals surface area contributed by atoms with Crippen molar-refractivity contribution in [2.45, 2.75) is 0 Å². The lowest BCUT2D eigenvalue weighted by molar-refractivity contribution is 1.53. The number of hydrogen-bond donors (Lipinski definition) is 2. The summed E-state index contributed by atoms with van der Waals surface area (Å²) in [7, 11) is 0. The molecular formula is C3H4Cl2N2. The Morgan fingerprint density at radius 1 is 1.57 bits per heavy atom. The van der Waals surface area contributed by atoms with Crippen LogP contribution in [0, 0.1) is 5.41 Å². The van der Waals surface area contributed by atoms with E-state index in [9.17, 15) is 0 Å². The molecule has 0 aliphatic heterocycles. The van der Waals surface area contributed by atoms with Crippen molar-refractivity contribution >= 4 is 28.4 Å². The molecule has 0 aromatic rings. The quantitative estimate of drug-likeness (QED) is 0.527. The van der Waals surface area contributed by atoms with Crippen molar-refractivity contribution in [1.29, 1.82) is 5.41 Å². The normalized spacial score (nSPS) is 11.4. The Hall–Kier alpha value is -0.210. The highest BCUT2D eigenvalue weighted by Crippen LogP contribution is 2.02. The Kier molecular flexibility index (Phi) is 2.79. The van der Waals surface area contributed by atoms with Gasteiger partial charge in [0.1, 0.15) is 5.17 Å². The van der Waals surface area contributed by atoms with Crippen LogP contribution in [0.3, 0.4) is 0 Å². The molecule has 0 aromatic carbocycles. The number of nitrogens with two attached hydrogens (primary N) is 1. The van der Waals surface area contributed by atoms with E-state index in [1.54, 1.807) is 0 Å². The van der Waals surface area contributed by atoms with Crippen LogP contribution >= 0.6 is 23.2 Å². The summed E-state index contributed by atoms with van der Waals surface area (Å²) in [6.07, 6.45) is 1.07. The van der Waals surface area contributed by atoms with Gasteiger partial charge in [0.25, 0.3) is 0 Å². The van der Waals surface area contributed by atoms with Gasteiger partial charge in [0, 0.05) is 6.20 Å². The molecule has 2 nitrogen and oxygen atoms in total. The van der Waals surface area contributed by atoms with Gasteiger partial charge in [-0.3, -0.25) is 5.41 Å². The lowest BCUT2D eigenvalue weighted by Gasteiger charge is -1.83. The van der Waals surface area contributed by atoms with Crippen LogP contribution in [0.15, 0.2) is 11.2 Å². The Bertz CT molecular complexity index is 108. The number of rotatable bonds is 1. The van der Waals surface area contributed by atoms with Crippen LogP contribution in [0.2, 0.25) is 0 Å². The number of allylic oxidation sites excluding steroid dienone is 1. The minimum Gasteiger partial charge on any atom is -0.403 e. The second-order valence-corrected chi connectivity index (χ2v) is 1.61. The Morgan fingerprint density at radius 2 is 2.00 bits per heavy atom. The van der Waals surface area contributed by atoms with Crippen molar-refractivity contribution < 1.29 is 0 Å². The van der Waals surface area contributed by atoms with Crippen LogP contribution in [0.5, 0.6) is 0 Å². The lowest BCUT2D eigenvalue weighted by atomic mass is 10.6. The first-order valence-corrected chi connectivity index (χ1v) is 2.26. The molecule has 3 N–H and O–H groups in total. The van der Waals surface area contributed by atoms with Crippen LogP contribution in [0.25, 0.3) is 0 Å². The monoisotopic (exact) mass is 138 g/mol. The highest BCUT2D eigenvalue weighted by atomic mass is 35.5. The van der Waals surface area contributed by atoms with Crippen molar-refractivity contribution in [3.05, 3.63) is 11.2 Å². The molecule has 0 rings (SSSR count). The van der Waals surface area contributed by atoms with E-state index >= 15 is 0 Å². The van der Waals surface area contributed by atoms with Gasteiger partial charge in [0.15, 0.2) is 0 Å². The summed E-state index contributed by atoms with van der Waals surface area (Å²) in [4.78, 5) is 0. The number of nitrogens with one attached hydrogen (secondary N) is 1. The minimum atomic E-state index is -0.232. The Labute approximate surface area is 51.4 Å². The molecule has 0 bridgehead atoms. The van der Waals surface area contributed by atoms with Crippen molar-refractivity contribution in [3.63, 3.8) is 0 Å². The maximum Gasteiger partial charge on any atom is 0.141 e. The fraction of sp³-hybridized carbons (Fsp3) is 0. The fourth-order valence-corrected chi connectivity index (χ4v) is 0.136. The molecule has 0 amide bonds. The molecule has 0 aromatic heterocycles. The summed E-state index contributed by atoms with van der Waals surface area (Å²) >= 11 is 10.2. The number of halogens is 2. The average Bonchev–Trinajstić information content (AvgIpc) is 1.65. The first kappa shape index (κ1) is 6.79. The summed E-state index contributed by atoms with van der Waals surface area (Å²) in [5, 5.41) is 6.42. The van der Waals surface area contributed by atoms with Crippen LogP contribution in [0.4, 0.5) is 0 Å². The van der Waals surface area contributed by atoms with Gasteiger partial charge in [0.05, 0.1) is 5.03 Å². The number of hydrogen-bond acceptors (Lipinski definition) is 2. The van der Waals surface area contributed by atoms with Crippen LogP contribution in [0.1, 0.15) is 0 Å². The topological polar surface area (TPSA) is 49.9 Å². The van der Waals surface area contributed by atoms with Gasteiger partial charge in [0.2, 0.25) is 0 Å². The molecule has 0 aliphatic rings. The standard InChI is InChI=1S/C3H4Cl2N2/c4-2(1-6)3(5)7/h1,7H,6H2. The highest BCUT2D eigenvalue weighted by molar-refractivity contribution is 6.75. The maximum absolute atomic E-state index is 6.59. The van der Waals surface area contributed by atoms with Crippen molar-refractivity contribution in [2.75, 3.05) is 0 Å². The summed E-state index contributed by atoms with van der Waals surface area (Å²) in [5.41, 5.74) is 4.85. The highest BCUT2D eigenvalue weighted by Gasteiger charge is 1.91. The van der Waals surface area contributed by atoms with Gasteiger partial charge in [-0.05, 0) is 0 Å². The van der Waals surface area contributed by atoms with E-state index in [1.807, 2.05) is 0 Å². The van der Waals surface area contributed by atoms with Crippen LogP contribution in [-0.2, 0) is 0 Å². The predicted molar refractivity (Wildman–Crippen MR) is 31.7 cm³/mol. The molecule has 40 valence electrons. The third-order valence-electron chi connectivity index (χ3n) is 0.356. The van der Waals surface area contributed by atoms with Gasteiger partial charge in [-0.1, -0.05) is 23.2 Å². The molecular weight excluding hydrogens is 135 g/mol. The molecule has 4 heteroatoms. The van der Waals surface area contributed by atoms with E-state index in [0.717, 1.165) is 6.20 Å². The lowest BCUT2D eigenvalue weighted by Crippen LogP contribution is -1.87. The summed E-state index contributed by atoms with van der Waals surface area (Å²) in [5.74, 6) is 0. The molecule has 0 aliphatic carbocycles. The second-order valence-electron chi connectivity index (χ2n) is 0.829. The van der Waals surface area contributed by atoms with Crippen LogP contribution < -0.4 is 5.73 Å². The van der Waals surface area contributed by atoms with Crippen molar-refractivity contribution in [1.82, 2.24) is 0 Å². The third kappa shape index (κ3) is 2.48. The first-order valence-electron chi connectivity index (χ1n) is 1.50. The van der Waals surface area contributed by atoms with Crippen molar-refractivity contribution in [2.24, 2.45) is 5.73 Å². The fourth-order valence-electron chi connectivity index (χ4n) is 0.0732. The minimum absolute atomic E-state index is 0.0710. The SMILES string of the molecule is N=C(Cl)C(Cl)=CN. The summed E-state index contributed by atoms with van der Waals surface area (Å²) in [6, 6.07) is 0. The van der Waals surface area contributed by atoms with Gasteiger partial charge in [-0.15, -0.1) is 0 Å². The van der Waals surface area contributed by atoms with Gasteiger partial charge < -0.3 is 5.73 Å². The smallest absolute Gasteiger partial charge is 0.141 e. The van der Waals surface area contributed by atoms with Gasteiger partial charge in [-0.2, -0.15) is 0 Å². The molecule has 0 atom stereocenters. The molecule has 0 fully saturated rings. The zero-order chi connectivity index (χ0) is 5.86. The largest absolute Gasteiger partial charge is 0.403 e. The molecule has 0 spiro atoms. The molecule has 0 saturated carbocycles. The van der Waals surface area contributed by atoms with Gasteiger partial charge in [-0.25, -0.2) is 0 Å². The van der Waals surface area contributed by atoms with Crippen molar-refractivity contribution in [3.8, 4) is 0 Å². The second kappa shape index (κ2) is 2.88. The summed E-state index contributed by atoms with van der Waals surface area (Å²) < 4.78 is 0. The van der Waals surface area contributed by atoms with Gasteiger partial charge >= 0.3 is 0 Å².